The Kier molecular flexibility index (Phi) is 9.16. The van der Waals surface area contributed by atoms with Gasteiger partial charge in [0, 0.05) is 54.9 Å². The standard InChI is InChI=1S/C60H36N6/c1-62-45-33-39(38-61)32-44(34-45)42-28-30-58-50(35-42)48-22-10-15-27-57(48)66(58)59-31-29-43(60-63-52(40-16-4-2-5-17-40)37-53(64-60)41-18-6-3-7-19-41)36-51(59)49-23-11-14-26-56(49)65-54-24-12-8-20-46(54)47-21-9-13-25-55(47)65/h2-37H. The lowest BCUT2D eigenvalue weighted by Gasteiger charge is -2.20. The van der Waals surface area contributed by atoms with Crippen LogP contribution in [0.1, 0.15) is 5.56 Å². The molecular weight excluding hydrogens is 805 g/mol. The van der Waals surface area contributed by atoms with Gasteiger partial charge >= 0.3 is 0 Å². The van der Waals surface area contributed by atoms with E-state index < -0.39 is 0 Å². The van der Waals surface area contributed by atoms with Crippen molar-refractivity contribution in [1.82, 2.24) is 19.1 Å². The van der Waals surface area contributed by atoms with Crippen LogP contribution in [0.15, 0.2) is 218 Å². The largest absolute Gasteiger partial charge is 0.309 e. The van der Waals surface area contributed by atoms with Crippen LogP contribution in [0.3, 0.4) is 0 Å². The molecule has 12 rings (SSSR count). The smallest absolute Gasteiger partial charge is 0.189 e. The highest BCUT2D eigenvalue weighted by Gasteiger charge is 2.22. The van der Waals surface area contributed by atoms with E-state index in [1.54, 1.807) is 6.07 Å². The highest BCUT2D eigenvalue weighted by molar-refractivity contribution is 6.12. The number of para-hydroxylation sites is 4. The summed E-state index contributed by atoms with van der Waals surface area (Å²) in [6, 6.07) is 77.8. The van der Waals surface area contributed by atoms with Crippen LogP contribution in [-0.2, 0) is 0 Å². The maximum absolute atomic E-state index is 9.83. The fourth-order valence-electron chi connectivity index (χ4n) is 9.57. The Labute approximate surface area is 381 Å². The Balaban J connectivity index is 1.15. The van der Waals surface area contributed by atoms with E-state index in [1.165, 1.54) is 10.8 Å². The molecule has 0 saturated carbocycles. The van der Waals surface area contributed by atoms with Gasteiger partial charge < -0.3 is 9.13 Å². The van der Waals surface area contributed by atoms with Crippen LogP contribution in [0.2, 0.25) is 0 Å². The molecule has 0 amide bonds. The van der Waals surface area contributed by atoms with Crippen LogP contribution in [0, 0.1) is 17.9 Å². The molecule has 12 aromatic rings. The van der Waals surface area contributed by atoms with Gasteiger partial charge in [0.15, 0.2) is 11.5 Å². The molecule has 0 aliphatic heterocycles. The average Bonchev–Trinajstić information content (AvgIpc) is 3.91. The van der Waals surface area contributed by atoms with Crippen molar-refractivity contribution in [3.8, 4) is 73.6 Å². The molecule has 3 heterocycles. The number of aromatic nitrogens is 4. The van der Waals surface area contributed by atoms with Crippen LogP contribution in [-0.4, -0.2) is 19.1 Å². The van der Waals surface area contributed by atoms with Gasteiger partial charge in [0.2, 0.25) is 0 Å². The number of fused-ring (bicyclic) bond motifs is 6. The molecule has 0 spiro atoms. The molecule has 3 aromatic heterocycles. The maximum Gasteiger partial charge on any atom is 0.189 e. The first-order valence-corrected chi connectivity index (χ1v) is 21.8. The molecule has 0 saturated heterocycles. The number of hydrogen-bond donors (Lipinski definition) is 0. The molecule has 0 unspecified atom stereocenters. The van der Waals surface area contributed by atoms with E-state index in [9.17, 15) is 5.26 Å². The number of nitriles is 1. The zero-order chi connectivity index (χ0) is 44.1. The lowest BCUT2D eigenvalue weighted by Crippen LogP contribution is -2.02. The van der Waals surface area contributed by atoms with E-state index in [2.05, 4.69) is 184 Å². The molecule has 9 aromatic carbocycles. The molecule has 0 atom stereocenters. The van der Waals surface area contributed by atoms with Gasteiger partial charge in [-0.05, 0) is 90.0 Å². The number of rotatable bonds is 7. The Bertz CT molecular complexity index is 3820. The highest BCUT2D eigenvalue weighted by atomic mass is 15.0. The van der Waals surface area contributed by atoms with Gasteiger partial charge in [-0.1, -0.05) is 140 Å². The summed E-state index contributed by atoms with van der Waals surface area (Å²) < 4.78 is 4.75. The average molecular weight is 841 g/mol. The third-order valence-corrected chi connectivity index (χ3v) is 12.6. The predicted molar refractivity (Wildman–Crippen MR) is 269 cm³/mol. The minimum atomic E-state index is 0.437. The molecule has 6 nitrogen and oxygen atoms in total. The van der Waals surface area contributed by atoms with Crippen LogP contribution in [0.5, 0.6) is 0 Å². The van der Waals surface area contributed by atoms with Gasteiger partial charge in [0.1, 0.15) is 0 Å². The highest BCUT2D eigenvalue weighted by Crippen LogP contribution is 2.43. The molecule has 306 valence electrons. The summed E-state index contributed by atoms with van der Waals surface area (Å²) in [5.41, 5.74) is 15.7. The van der Waals surface area contributed by atoms with E-state index in [-0.39, 0.29) is 0 Å². The van der Waals surface area contributed by atoms with Gasteiger partial charge in [-0.15, -0.1) is 0 Å². The van der Waals surface area contributed by atoms with E-state index in [4.69, 9.17) is 16.5 Å². The Hall–Kier alpha value is -9.36. The predicted octanol–water partition coefficient (Wildman–Crippen LogP) is 15.4. The van der Waals surface area contributed by atoms with Gasteiger partial charge in [0.25, 0.3) is 0 Å². The summed E-state index contributed by atoms with van der Waals surface area (Å²) in [6.45, 7) is 7.72. The van der Waals surface area contributed by atoms with E-state index in [0.717, 1.165) is 94.5 Å². The fourth-order valence-corrected chi connectivity index (χ4v) is 9.57. The van der Waals surface area contributed by atoms with Crippen molar-refractivity contribution >= 4 is 49.3 Å². The zero-order valence-electron chi connectivity index (χ0n) is 35.5. The molecule has 0 bridgehead atoms. The Morgan fingerprint density at radius 1 is 0.394 bits per heavy atom. The van der Waals surface area contributed by atoms with Crippen molar-refractivity contribution in [3.05, 3.63) is 235 Å². The third-order valence-electron chi connectivity index (χ3n) is 12.6. The van der Waals surface area contributed by atoms with Gasteiger partial charge in [-0.25, -0.2) is 14.8 Å². The fraction of sp³-hybridized carbons (Fsp3) is 0. The molecule has 6 heteroatoms. The maximum atomic E-state index is 9.83. The number of nitrogens with zero attached hydrogens (tertiary/aromatic N) is 6. The first-order valence-electron chi connectivity index (χ1n) is 21.8. The minimum Gasteiger partial charge on any atom is -0.309 e. The van der Waals surface area contributed by atoms with Crippen molar-refractivity contribution in [2.45, 2.75) is 0 Å². The topological polar surface area (TPSA) is 63.8 Å². The van der Waals surface area contributed by atoms with Gasteiger partial charge in [-0.2, -0.15) is 5.26 Å². The van der Waals surface area contributed by atoms with Crippen molar-refractivity contribution in [1.29, 1.82) is 5.26 Å². The van der Waals surface area contributed by atoms with Crippen LogP contribution >= 0.6 is 0 Å². The van der Waals surface area contributed by atoms with E-state index in [1.807, 2.05) is 48.5 Å². The minimum absolute atomic E-state index is 0.437. The molecular formula is C60H36N6. The normalized spacial score (nSPS) is 11.3. The Morgan fingerprint density at radius 3 is 1.52 bits per heavy atom. The van der Waals surface area contributed by atoms with Crippen molar-refractivity contribution in [2.24, 2.45) is 0 Å². The molecule has 66 heavy (non-hydrogen) atoms. The van der Waals surface area contributed by atoms with Crippen molar-refractivity contribution < 1.29 is 0 Å². The second-order valence-electron chi connectivity index (χ2n) is 16.4. The first-order chi connectivity index (χ1) is 32.6. The monoisotopic (exact) mass is 840 g/mol. The summed E-state index contributed by atoms with van der Waals surface area (Å²) >= 11 is 0. The summed E-state index contributed by atoms with van der Waals surface area (Å²) in [7, 11) is 0. The third kappa shape index (κ3) is 6.41. The van der Waals surface area contributed by atoms with Crippen molar-refractivity contribution in [2.75, 3.05) is 0 Å². The molecule has 0 N–H and O–H groups in total. The van der Waals surface area contributed by atoms with Gasteiger partial charge in [0.05, 0.1) is 57.5 Å². The number of hydrogen-bond acceptors (Lipinski definition) is 3. The van der Waals surface area contributed by atoms with Crippen LogP contribution in [0.4, 0.5) is 5.69 Å². The summed E-state index contributed by atoms with van der Waals surface area (Å²) in [5, 5.41) is 14.4. The van der Waals surface area contributed by atoms with E-state index in [0.29, 0.717) is 17.1 Å². The zero-order valence-corrected chi connectivity index (χ0v) is 35.5. The molecule has 0 radical (unpaired) electrons. The van der Waals surface area contributed by atoms with Crippen LogP contribution < -0.4 is 0 Å². The first kappa shape index (κ1) is 38.3. The SMILES string of the molecule is [C-]#[N+]c1cc(C#N)cc(-c2ccc3c(c2)c2ccccc2n3-c2ccc(-c3nc(-c4ccccc4)cc(-c4ccccc4)n3)cc2-c2ccccc2-n2c3ccccc3c3ccccc32)c1. The molecule has 0 fully saturated rings. The lowest BCUT2D eigenvalue weighted by atomic mass is 9.97. The summed E-state index contributed by atoms with van der Waals surface area (Å²) in [5.74, 6) is 0.627. The lowest BCUT2D eigenvalue weighted by molar-refractivity contribution is 1.15. The summed E-state index contributed by atoms with van der Waals surface area (Å²) in [6.07, 6.45) is 0. The van der Waals surface area contributed by atoms with Crippen molar-refractivity contribution in [3.63, 3.8) is 0 Å². The molecule has 0 aliphatic carbocycles. The van der Waals surface area contributed by atoms with Crippen LogP contribution in [0.25, 0.3) is 116 Å². The molecule has 0 aliphatic rings. The van der Waals surface area contributed by atoms with E-state index >= 15 is 0 Å². The summed E-state index contributed by atoms with van der Waals surface area (Å²) in [4.78, 5) is 14.2. The second-order valence-corrected chi connectivity index (χ2v) is 16.4. The van der Waals surface area contributed by atoms with Gasteiger partial charge in [-0.3, -0.25) is 0 Å². The Morgan fingerprint density at radius 2 is 0.909 bits per heavy atom. The number of benzene rings is 9. The second kappa shape index (κ2) is 15.8. The quantitative estimate of drug-likeness (QED) is 0.150.